The third-order valence-corrected chi connectivity index (χ3v) is 5.37. The third-order valence-electron chi connectivity index (χ3n) is 4.09. The lowest BCUT2D eigenvalue weighted by Gasteiger charge is -2.15. The van der Waals surface area contributed by atoms with Gasteiger partial charge in [0.15, 0.2) is 0 Å². The molecule has 4 nitrogen and oxygen atoms in total. The molecule has 1 amide bonds. The molecule has 1 unspecified atom stereocenters. The second kappa shape index (κ2) is 8.40. The standard InChI is InChI=1S/C19H21F2NO3S/c1-3-14-4-8-16(9-5-14)13(2)22-18(23)17-10-6-15(7-11-17)12-26(24,25)19(20)21/h4-11,13,19H,3,12H2,1-2H3,(H,22,23). The Hall–Kier alpha value is -2.28. The van der Waals surface area contributed by atoms with Crippen molar-refractivity contribution < 1.29 is 22.0 Å². The van der Waals surface area contributed by atoms with Crippen LogP contribution in [0.5, 0.6) is 0 Å². The van der Waals surface area contributed by atoms with Crippen LogP contribution in [0.4, 0.5) is 8.78 Å². The zero-order valence-electron chi connectivity index (χ0n) is 14.6. The minimum atomic E-state index is -4.48. The molecule has 1 N–H and O–H groups in total. The van der Waals surface area contributed by atoms with E-state index in [1.165, 1.54) is 29.8 Å². The molecule has 0 bridgehead atoms. The molecular formula is C19H21F2NO3S. The summed E-state index contributed by atoms with van der Waals surface area (Å²) < 4.78 is 47.3. The molecular weight excluding hydrogens is 360 g/mol. The van der Waals surface area contributed by atoms with Crippen LogP contribution in [0.1, 0.15) is 46.9 Å². The Balaban J connectivity index is 2.03. The molecule has 0 aromatic heterocycles. The number of rotatable bonds is 7. The highest BCUT2D eigenvalue weighted by molar-refractivity contribution is 7.90. The minimum Gasteiger partial charge on any atom is -0.346 e. The number of nitrogens with one attached hydrogen (secondary N) is 1. The van der Waals surface area contributed by atoms with Gasteiger partial charge in [0.05, 0.1) is 11.8 Å². The molecule has 26 heavy (non-hydrogen) atoms. The van der Waals surface area contributed by atoms with Crippen molar-refractivity contribution in [1.29, 1.82) is 0 Å². The largest absolute Gasteiger partial charge is 0.346 e. The van der Waals surface area contributed by atoms with Crippen molar-refractivity contribution in [2.75, 3.05) is 0 Å². The number of carbonyl (C=O) groups excluding carboxylic acids is 1. The first-order chi connectivity index (χ1) is 12.2. The van der Waals surface area contributed by atoms with E-state index in [-0.39, 0.29) is 17.5 Å². The molecule has 0 aliphatic heterocycles. The number of alkyl halides is 2. The van der Waals surface area contributed by atoms with Crippen LogP contribution >= 0.6 is 0 Å². The maximum Gasteiger partial charge on any atom is 0.337 e. The maximum atomic E-state index is 12.4. The Morgan fingerprint density at radius 3 is 2.04 bits per heavy atom. The van der Waals surface area contributed by atoms with Crippen molar-refractivity contribution in [3.05, 3.63) is 70.8 Å². The summed E-state index contributed by atoms with van der Waals surface area (Å²) in [6.07, 6.45) is 0.939. The molecule has 0 saturated heterocycles. The van der Waals surface area contributed by atoms with Crippen LogP contribution in [0.25, 0.3) is 0 Å². The number of aryl methyl sites for hydroxylation is 1. The average molecular weight is 381 g/mol. The fourth-order valence-corrected chi connectivity index (χ4v) is 3.24. The number of hydrogen-bond donors (Lipinski definition) is 1. The van der Waals surface area contributed by atoms with Crippen LogP contribution in [-0.4, -0.2) is 20.1 Å². The maximum absolute atomic E-state index is 12.4. The summed E-state index contributed by atoms with van der Waals surface area (Å²) in [5.74, 6) is -4.49. The first-order valence-corrected chi connectivity index (χ1v) is 9.93. The Kier molecular flexibility index (Phi) is 6.47. The lowest BCUT2D eigenvalue weighted by molar-refractivity contribution is 0.0940. The molecule has 1 atom stereocenters. The molecule has 7 heteroatoms. The topological polar surface area (TPSA) is 63.2 Å². The van der Waals surface area contributed by atoms with Crippen molar-refractivity contribution in [2.45, 2.75) is 37.8 Å². The Morgan fingerprint density at radius 1 is 1.00 bits per heavy atom. The number of halogens is 2. The molecule has 0 spiro atoms. The van der Waals surface area contributed by atoms with Crippen LogP contribution < -0.4 is 5.32 Å². The predicted molar refractivity (Wildman–Crippen MR) is 96.8 cm³/mol. The number of benzene rings is 2. The molecule has 0 aliphatic rings. The molecule has 0 heterocycles. The minimum absolute atomic E-state index is 0.202. The lowest BCUT2D eigenvalue weighted by Crippen LogP contribution is -2.26. The van der Waals surface area contributed by atoms with Gasteiger partial charge in [0.1, 0.15) is 0 Å². The predicted octanol–water partition coefficient (Wildman–Crippen LogP) is 3.88. The normalized spacial score (nSPS) is 12.8. The van der Waals surface area contributed by atoms with Gasteiger partial charge >= 0.3 is 5.76 Å². The van der Waals surface area contributed by atoms with Crippen LogP contribution in [0.3, 0.4) is 0 Å². The van der Waals surface area contributed by atoms with E-state index in [1.807, 2.05) is 31.2 Å². The first-order valence-electron chi connectivity index (χ1n) is 8.21. The summed E-state index contributed by atoms with van der Waals surface area (Å²) in [5, 5.41) is 2.86. The summed E-state index contributed by atoms with van der Waals surface area (Å²) >= 11 is 0. The number of carbonyl (C=O) groups is 1. The fourth-order valence-electron chi connectivity index (χ4n) is 2.45. The van der Waals surface area contributed by atoms with E-state index in [0.29, 0.717) is 5.56 Å². The van der Waals surface area contributed by atoms with E-state index < -0.39 is 21.3 Å². The van der Waals surface area contributed by atoms with Crippen LogP contribution in [0.2, 0.25) is 0 Å². The Labute approximate surface area is 152 Å². The zero-order valence-corrected chi connectivity index (χ0v) is 15.4. The van der Waals surface area contributed by atoms with Gasteiger partial charge in [-0.15, -0.1) is 0 Å². The van der Waals surface area contributed by atoms with E-state index in [4.69, 9.17) is 0 Å². The average Bonchev–Trinajstić information content (AvgIpc) is 2.61. The van der Waals surface area contributed by atoms with Crippen molar-refractivity contribution in [1.82, 2.24) is 5.32 Å². The fraction of sp³-hybridized carbons (Fsp3) is 0.316. The van der Waals surface area contributed by atoms with E-state index in [0.717, 1.165) is 12.0 Å². The van der Waals surface area contributed by atoms with Gasteiger partial charge in [-0.2, -0.15) is 8.78 Å². The summed E-state index contributed by atoms with van der Waals surface area (Å²) in [6, 6.07) is 13.3. The molecule has 0 aliphatic carbocycles. The monoisotopic (exact) mass is 381 g/mol. The van der Waals surface area contributed by atoms with Gasteiger partial charge < -0.3 is 5.32 Å². The smallest absolute Gasteiger partial charge is 0.337 e. The third kappa shape index (κ3) is 5.11. The number of hydrogen-bond acceptors (Lipinski definition) is 3. The highest BCUT2D eigenvalue weighted by Gasteiger charge is 2.24. The molecule has 0 saturated carbocycles. The van der Waals surface area contributed by atoms with Gasteiger partial charge in [-0.3, -0.25) is 4.79 Å². The Bertz CT molecular complexity index is 847. The lowest BCUT2D eigenvalue weighted by atomic mass is 10.0. The summed E-state index contributed by atoms with van der Waals surface area (Å²) in [7, 11) is -4.48. The van der Waals surface area contributed by atoms with Crippen molar-refractivity contribution in [2.24, 2.45) is 0 Å². The van der Waals surface area contributed by atoms with Gasteiger partial charge in [-0.25, -0.2) is 8.42 Å². The number of sulfone groups is 1. The van der Waals surface area contributed by atoms with Gasteiger partial charge in [0.25, 0.3) is 5.91 Å². The van der Waals surface area contributed by atoms with Crippen molar-refractivity contribution >= 4 is 15.7 Å². The SMILES string of the molecule is CCc1ccc(C(C)NC(=O)c2ccc(CS(=O)(=O)C(F)F)cc2)cc1. The molecule has 140 valence electrons. The van der Waals surface area contributed by atoms with Crippen molar-refractivity contribution in [3.63, 3.8) is 0 Å². The molecule has 0 radical (unpaired) electrons. The second-order valence-corrected chi connectivity index (χ2v) is 8.03. The van der Waals surface area contributed by atoms with Gasteiger partial charge in [-0.05, 0) is 42.2 Å². The highest BCUT2D eigenvalue weighted by atomic mass is 32.2. The highest BCUT2D eigenvalue weighted by Crippen LogP contribution is 2.17. The Morgan fingerprint density at radius 2 is 1.54 bits per heavy atom. The van der Waals surface area contributed by atoms with E-state index in [1.54, 1.807) is 0 Å². The summed E-state index contributed by atoms with van der Waals surface area (Å²) in [6.45, 7) is 3.93. The second-order valence-electron chi connectivity index (χ2n) is 6.06. The first kappa shape index (κ1) is 20.0. The molecule has 2 aromatic rings. The van der Waals surface area contributed by atoms with Gasteiger partial charge in [0, 0.05) is 5.56 Å². The summed E-state index contributed by atoms with van der Waals surface area (Å²) in [4.78, 5) is 12.3. The number of amides is 1. The molecule has 2 rings (SSSR count). The van der Waals surface area contributed by atoms with Gasteiger partial charge in [-0.1, -0.05) is 43.3 Å². The summed E-state index contributed by atoms with van der Waals surface area (Å²) in [5.41, 5.74) is 2.72. The van der Waals surface area contributed by atoms with E-state index >= 15 is 0 Å². The molecule has 2 aromatic carbocycles. The van der Waals surface area contributed by atoms with Crippen molar-refractivity contribution in [3.8, 4) is 0 Å². The zero-order chi connectivity index (χ0) is 19.3. The van der Waals surface area contributed by atoms with Crippen LogP contribution in [-0.2, 0) is 22.0 Å². The molecule has 0 fully saturated rings. The van der Waals surface area contributed by atoms with E-state index in [2.05, 4.69) is 12.2 Å². The quantitative estimate of drug-likeness (QED) is 0.792. The van der Waals surface area contributed by atoms with Crippen LogP contribution in [0.15, 0.2) is 48.5 Å². The van der Waals surface area contributed by atoms with Crippen LogP contribution in [0, 0.1) is 0 Å². The van der Waals surface area contributed by atoms with E-state index in [9.17, 15) is 22.0 Å². The van der Waals surface area contributed by atoms with Gasteiger partial charge in [0.2, 0.25) is 9.84 Å².